The number of nitrogens with zero attached hydrogens (tertiary/aromatic N) is 4. The number of ether oxygens (including phenoxy) is 1. The zero-order valence-corrected chi connectivity index (χ0v) is 12.4. The van der Waals surface area contributed by atoms with Crippen molar-refractivity contribution in [3.05, 3.63) is 42.0 Å². The van der Waals surface area contributed by atoms with E-state index in [4.69, 9.17) is 4.74 Å². The average Bonchev–Trinajstić information content (AvgIpc) is 3.15. The van der Waals surface area contributed by atoms with E-state index in [1.807, 2.05) is 41.8 Å². The fourth-order valence-corrected chi connectivity index (χ4v) is 2.73. The number of aryl methyl sites for hydroxylation is 2. The van der Waals surface area contributed by atoms with E-state index in [0.717, 1.165) is 12.2 Å². The number of hydrogen-bond acceptors (Lipinski definition) is 3. The van der Waals surface area contributed by atoms with Crippen molar-refractivity contribution in [2.45, 2.75) is 19.5 Å². The molecule has 1 aliphatic heterocycles. The van der Waals surface area contributed by atoms with Gasteiger partial charge in [0.05, 0.1) is 31.0 Å². The van der Waals surface area contributed by atoms with Gasteiger partial charge in [0, 0.05) is 38.2 Å². The summed E-state index contributed by atoms with van der Waals surface area (Å²) in [5.74, 6) is 0.0178. The lowest BCUT2D eigenvalue weighted by molar-refractivity contribution is -0.00463. The van der Waals surface area contributed by atoms with Gasteiger partial charge >= 0.3 is 0 Å². The number of aromatic nitrogens is 3. The van der Waals surface area contributed by atoms with Gasteiger partial charge < -0.3 is 14.2 Å². The first kappa shape index (κ1) is 13.9. The summed E-state index contributed by atoms with van der Waals surface area (Å²) in [5.41, 5.74) is 1.73. The number of hydrogen-bond donors (Lipinski definition) is 0. The maximum absolute atomic E-state index is 12.8. The number of rotatable bonds is 3. The molecule has 2 aromatic heterocycles. The van der Waals surface area contributed by atoms with Gasteiger partial charge in [-0.3, -0.25) is 9.48 Å². The van der Waals surface area contributed by atoms with Crippen LogP contribution in [-0.2, 0) is 18.3 Å². The molecule has 112 valence electrons. The van der Waals surface area contributed by atoms with Crippen molar-refractivity contribution in [1.29, 1.82) is 0 Å². The van der Waals surface area contributed by atoms with Gasteiger partial charge in [-0.25, -0.2) is 0 Å². The molecule has 1 amide bonds. The van der Waals surface area contributed by atoms with Crippen molar-refractivity contribution in [3.63, 3.8) is 0 Å². The van der Waals surface area contributed by atoms with Crippen LogP contribution in [0.5, 0.6) is 0 Å². The Kier molecular flexibility index (Phi) is 3.79. The van der Waals surface area contributed by atoms with Crippen molar-refractivity contribution >= 4 is 5.91 Å². The fraction of sp³-hybridized carbons (Fsp3) is 0.467. The second-order valence-electron chi connectivity index (χ2n) is 5.22. The van der Waals surface area contributed by atoms with Crippen molar-refractivity contribution < 1.29 is 9.53 Å². The molecule has 21 heavy (non-hydrogen) atoms. The van der Waals surface area contributed by atoms with Crippen LogP contribution >= 0.6 is 0 Å². The minimum absolute atomic E-state index is 0.0178. The second kappa shape index (κ2) is 5.73. The van der Waals surface area contributed by atoms with Gasteiger partial charge in [0.25, 0.3) is 5.91 Å². The molecule has 2 aromatic rings. The molecule has 0 N–H and O–H groups in total. The summed E-state index contributed by atoms with van der Waals surface area (Å²) in [4.78, 5) is 14.6. The van der Waals surface area contributed by atoms with Crippen LogP contribution in [0.25, 0.3) is 0 Å². The van der Waals surface area contributed by atoms with Gasteiger partial charge in [0.1, 0.15) is 0 Å². The van der Waals surface area contributed by atoms with Crippen molar-refractivity contribution in [2.24, 2.45) is 7.05 Å². The molecule has 3 rings (SSSR count). The lowest BCUT2D eigenvalue weighted by atomic mass is 10.1. The van der Waals surface area contributed by atoms with Crippen LogP contribution in [0.1, 0.15) is 29.0 Å². The lowest BCUT2D eigenvalue weighted by Crippen LogP contribution is -2.44. The minimum atomic E-state index is -0.0452. The first-order valence-electron chi connectivity index (χ1n) is 7.23. The SMILES string of the molecule is CCn1cc(C(=O)N2CCOC[C@H]2c2cccn2C)cn1. The van der Waals surface area contributed by atoms with Crippen LogP contribution < -0.4 is 0 Å². The molecule has 0 aliphatic carbocycles. The Bertz CT molecular complexity index is 631. The van der Waals surface area contributed by atoms with Crippen LogP contribution in [0.3, 0.4) is 0 Å². The Labute approximate surface area is 123 Å². The first-order valence-corrected chi connectivity index (χ1v) is 7.23. The zero-order chi connectivity index (χ0) is 14.8. The lowest BCUT2D eigenvalue weighted by Gasteiger charge is -2.35. The molecular formula is C15H20N4O2. The molecule has 1 saturated heterocycles. The Morgan fingerprint density at radius 2 is 2.38 bits per heavy atom. The maximum Gasteiger partial charge on any atom is 0.257 e. The largest absolute Gasteiger partial charge is 0.377 e. The third-order valence-electron chi connectivity index (χ3n) is 3.92. The van der Waals surface area contributed by atoms with E-state index in [-0.39, 0.29) is 11.9 Å². The first-order chi connectivity index (χ1) is 10.2. The van der Waals surface area contributed by atoms with Gasteiger partial charge in [-0.2, -0.15) is 5.10 Å². The molecule has 3 heterocycles. The number of carbonyl (C=O) groups is 1. The summed E-state index contributed by atoms with van der Waals surface area (Å²) in [7, 11) is 1.99. The second-order valence-corrected chi connectivity index (χ2v) is 5.22. The summed E-state index contributed by atoms with van der Waals surface area (Å²) in [6.07, 6.45) is 5.44. The molecule has 6 nitrogen and oxygen atoms in total. The van der Waals surface area contributed by atoms with Gasteiger partial charge in [-0.15, -0.1) is 0 Å². The molecule has 1 atom stereocenters. The third kappa shape index (κ3) is 2.58. The highest BCUT2D eigenvalue weighted by atomic mass is 16.5. The highest BCUT2D eigenvalue weighted by molar-refractivity contribution is 5.94. The number of amides is 1. The average molecular weight is 288 g/mol. The summed E-state index contributed by atoms with van der Waals surface area (Å²) in [5, 5.41) is 4.19. The third-order valence-corrected chi connectivity index (χ3v) is 3.92. The smallest absolute Gasteiger partial charge is 0.257 e. The molecule has 0 bridgehead atoms. The van der Waals surface area contributed by atoms with Gasteiger partial charge in [-0.1, -0.05) is 0 Å². The van der Waals surface area contributed by atoms with Gasteiger partial charge in [0.2, 0.25) is 0 Å². The normalized spacial score (nSPS) is 19.0. The molecule has 1 fully saturated rings. The summed E-state index contributed by atoms with van der Waals surface area (Å²) >= 11 is 0. The van der Waals surface area contributed by atoms with E-state index in [2.05, 4.69) is 5.10 Å². The van der Waals surface area contributed by atoms with Crippen LogP contribution in [0.15, 0.2) is 30.7 Å². The Hall–Kier alpha value is -2.08. The molecule has 0 spiro atoms. The topological polar surface area (TPSA) is 52.3 Å². The van der Waals surface area contributed by atoms with Crippen molar-refractivity contribution in [2.75, 3.05) is 19.8 Å². The Morgan fingerprint density at radius 3 is 3.05 bits per heavy atom. The fourth-order valence-electron chi connectivity index (χ4n) is 2.73. The van der Waals surface area contributed by atoms with Crippen molar-refractivity contribution in [3.8, 4) is 0 Å². The van der Waals surface area contributed by atoms with E-state index in [0.29, 0.717) is 25.3 Å². The predicted octanol–water partition coefficient (Wildman–Crippen LogP) is 1.46. The predicted molar refractivity (Wildman–Crippen MR) is 77.9 cm³/mol. The van der Waals surface area contributed by atoms with Crippen LogP contribution in [0.4, 0.5) is 0 Å². The zero-order valence-electron chi connectivity index (χ0n) is 12.4. The van der Waals surface area contributed by atoms with E-state index in [1.165, 1.54) is 0 Å². The maximum atomic E-state index is 12.8. The highest BCUT2D eigenvalue weighted by Crippen LogP contribution is 2.25. The molecule has 0 unspecified atom stereocenters. The number of morpholine rings is 1. The summed E-state index contributed by atoms with van der Waals surface area (Å²) in [6, 6.07) is 3.98. The van der Waals surface area contributed by atoms with Crippen LogP contribution in [-0.4, -0.2) is 44.9 Å². The molecule has 0 aromatic carbocycles. The summed E-state index contributed by atoms with van der Waals surface area (Å²) in [6.45, 7) is 4.48. The number of carbonyl (C=O) groups excluding carboxylic acids is 1. The minimum Gasteiger partial charge on any atom is -0.377 e. The highest BCUT2D eigenvalue weighted by Gasteiger charge is 2.31. The molecule has 6 heteroatoms. The quantitative estimate of drug-likeness (QED) is 0.859. The van der Waals surface area contributed by atoms with Crippen LogP contribution in [0.2, 0.25) is 0 Å². The molecule has 1 aliphatic rings. The van der Waals surface area contributed by atoms with E-state index < -0.39 is 0 Å². The van der Waals surface area contributed by atoms with E-state index >= 15 is 0 Å². The van der Waals surface area contributed by atoms with Gasteiger partial charge in [-0.05, 0) is 19.1 Å². The van der Waals surface area contributed by atoms with E-state index in [1.54, 1.807) is 17.1 Å². The Balaban J connectivity index is 1.87. The molecule has 0 saturated carbocycles. The van der Waals surface area contributed by atoms with Crippen LogP contribution in [0, 0.1) is 0 Å². The summed E-state index contributed by atoms with van der Waals surface area (Å²) < 4.78 is 9.38. The van der Waals surface area contributed by atoms with E-state index in [9.17, 15) is 4.79 Å². The molecule has 0 radical (unpaired) electrons. The monoisotopic (exact) mass is 288 g/mol. The Morgan fingerprint density at radius 1 is 1.52 bits per heavy atom. The van der Waals surface area contributed by atoms with Gasteiger partial charge in [0.15, 0.2) is 0 Å². The van der Waals surface area contributed by atoms with Crippen molar-refractivity contribution in [1.82, 2.24) is 19.2 Å². The standard InChI is InChI=1S/C15H20N4O2/c1-3-18-10-12(9-16-18)15(20)19-7-8-21-11-14(19)13-5-4-6-17(13)2/h4-6,9-10,14H,3,7-8,11H2,1-2H3/t14-/m0/s1. The molecular weight excluding hydrogens is 268 g/mol.